The molecule has 13 heteroatoms. The molecule has 0 aliphatic carbocycles. The van der Waals surface area contributed by atoms with Gasteiger partial charge < -0.3 is 26.2 Å². The highest BCUT2D eigenvalue weighted by Crippen LogP contribution is 2.09. The number of H-pyrrole nitrogens is 1. The van der Waals surface area contributed by atoms with Crippen molar-refractivity contribution in [1.82, 2.24) is 20.2 Å². The van der Waals surface area contributed by atoms with E-state index in [-0.39, 0.29) is 18.8 Å². The molecule has 1 aromatic heterocycles. The van der Waals surface area contributed by atoms with Gasteiger partial charge in [-0.05, 0) is 31.2 Å². The number of esters is 1. The highest BCUT2D eigenvalue weighted by molar-refractivity contribution is 5.91. The molecule has 4 atom stereocenters. The number of carbonyl (C=O) groups is 3. The summed E-state index contributed by atoms with van der Waals surface area (Å²) in [5.74, 6) is -3.77. The molecular weight excluding hydrogens is 489 g/mol. The number of aliphatic hydroxyl groups excluding tert-OH is 1. The average molecular weight is 522 g/mol. The molecule has 0 aliphatic rings. The highest BCUT2D eigenvalue weighted by atomic mass is 19.1. The van der Waals surface area contributed by atoms with Gasteiger partial charge in [-0.3, -0.25) is 23.9 Å². The number of nitrogens with one attached hydrogen (secondary N) is 3. The quantitative estimate of drug-likeness (QED) is 0.223. The van der Waals surface area contributed by atoms with Gasteiger partial charge in [0.2, 0.25) is 11.7 Å². The largest absolute Gasteiger partial charge is 0.442 e. The smallest absolute Gasteiger partial charge is 0.331 e. The van der Waals surface area contributed by atoms with E-state index in [0.717, 1.165) is 5.56 Å². The Balaban J connectivity index is 1.97. The fourth-order valence-electron chi connectivity index (χ4n) is 3.36. The second kappa shape index (κ2) is 13.5. The Morgan fingerprint density at radius 2 is 1.76 bits per heavy atom. The molecule has 6 N–H and O–H groups in total. The van der Waals surface area contributed by atoms with Crippen LogP contribution in [0, 0.1) is 11.7 Å². The average Bonchev–Trinajstić information content (AvgIpc) is 2.84. The molecule has 37 heavy (non-hydrogen) atoms. The van der Waals surface area contributed by atoms with Crippen LogP contribution in [0.5, 0.6) is 0 Å². The maximum atomic E-state index is 13.4. The van der Waals surface area contributed by atoms with Crippen molar-refractivity contribution in [3.63, 3.8) is 0 Å². The van der Waals surface area contributed by atoms with E-state index in [1.165, 1.54) is 6.92 Å². The third kappa shape index (κ3) is 8.95. The molecular formula is C24H32FN5O7. The summed E-state index contributed by atoms with van der Waals surface area (Å²) in [4.78, 5) is 62.2. The van der Waals surface area contributed by atoms with Crippen LogP contribution >= 0.6 is 0 Å². The van der Waals surface area contributed by atoms with Crippen molar-refractivity contribution in [1.29, 1.82) is 0 Å². The van der Waals surface area contributed by atoms with E-state index >= 15 is 0 Å². The maximum absolute atomic E-state index is 13.4. The first kappa shape index (κ1) is 29.4. The van der Waals surface area contributed by atoms with Crippen LogP contribution in [0.1, 0.15) is 32.8 Å². The summed E-state index contributed by atoms with van der Waals surface area (Å²) in [7, 11) is 0. The van der Waals surface area contributed by atoms with Gasteiger partial charge in [0.15, 0.2) is 6.73 Å². The number of aromatic nitrogens is 2. The predicted octanol–water partition coefficient (Wildman–Crippen LogP) is -0.857. The minimum Gasteiger partial charge on any atom is -0.442 e. The van der Waals surface area contributed by atoms with E-state index in [1.54, 1.807) is 17.1 Å². The third-order valence-corrected chi connectivity index (χ3v) is 5.35. The molecule has 0 aliphatic heterocycles. The van der Waals surface area contributed by atoms with Gasteiger partial charge in [-0.15, -0.1) is 0 Å². The van der Waals surface area contributed by atoms with Crippen LogP contribution in [0.15, 0.2) is 46.1 Å². The number of nitrogens with zero attached hydrogens (tertiary/aromatic N) is 1. The van der Waals surface area contributed by atoms with Crippen molar-refractivity contribution in [3.05, 3.63) is 68.7 Å². The summed E-state index contributed by atoms with van der Waals surface area (Å²) in [5.41, 5.74) is 4.63. The molecule has 2 aromatic rings. The Kier molecular flexibility index (Phi) is 10.7. The monoisotopic (exact) mass is 521 g/mol. The lowest BCUT2D eigenvalue weighted by Crippen LogP contribution is -2.56. The lowest BCUT2D eigenvalue weighted by Gasteiger charge is -2.25. The van der Waals surface area contributed by atoms with Crippen molar-refractivity contribution < 1.29 is 28.6 Å². The van der Waals surface area contributed by atoms with Crippen LogP contribution in [0.25, 0.3) is 0 Å². The molecule has 0 saturated heterocycles. The van der Waals surface area contributed by atoms with E-state index < -0.39 is 65.8 Å². The molecule has 12 nitrogen and oxygen atoms in total. The van der Waals surface area contributed by atoms with Crippen LogP contribution in [0.2, 0.25) is 0 Å². The molecule has 1 heterocycles. The highest BCUT2D eigenvalue weighted by Gasteiger charge is 2.30. The van der Waals surface area contributed by atoms with E-state index in [2.05, 4.69) is 10.6 Å². The fraction of sp³-hybridized carbons (Fsp3) is 0.458. The Bertz CT molecular complexity index is 1200. The van der Waals surface area contributed by atoms with Gasteiger partial charge >= 0.3 is 11.7 Å². The van der Waals surface area contributed by atoms with E-state index in [1.807, 2.05) is 32.0 Å². The number of halogens is 1. The fourth-order valence-corrected chi connectivity index (χ4v) is 3.36. The first-order chi connectivity index (χ1) is 17.4. The second-order valence-corrected chi connectivity index (χ2v) is 9.02. The zero-order valence-corrected chi connectivity index (χ0v) is 20.8. The summed E-state index contributed by atoms with van der Waals surface area (Å²) >= 11 is 0. The number of aromatic amines is 1. The van der Waals surface area contributed by atoms with E-state index in [4.69, 9.17) is 10.5 Å². The van der Waals surface area contributed by atoms with Crippen molar-refractivity contribution in [3.8, 4) is 0 Å². The SMILES string of the molecule is CC(C)C[C@H](NC(=O)[C@@H](O)[C@H](N)Cc1ccccc1)C(=O)N[C@@H](C)C(=O)OCn1cc(F)c(=O)[nH]c1=O. The van der Waals surface area contributed by atoms with Crippen molar-refractivity contribution in [2.24, 2.45) is 11.7 Å². The Hall–Kier alpha value is -3.84. The molecule has 0 saturated carbocycles. The standard InChI is InChI=1S/C24H32FN5O7/c1-13(2)9-18(28-22(34)19(31)17(26)10-15-7-5-4-6-8-15)21(33)27-14(3)23(35)37-12-30-11-16(25)20(32)29-24(30)36/h4-8,11,13-14,17-19,31H,9-10,12,26H2,1-3H3,(H,27,33)(H,28,34)(H,29,32,36)/t14-,17+,18-,19-/m0/s1. The minimum atomic E-state index is -1.58. The third-order valence-electron chi connectivity index (χ3n) is 5.35. The number of ether oxygens (including phenoxy) is 1. The van der Waals surface area contributed by atoms with Gasteiger partial charge in [0.25, 0.3) is 11.5 Å². The maximum Gasteiger partial charge on any atom is 0.331 e. The van der Waals surface area contributed by atoms with Crippen LogP contribution < -0.4 is 27.6 Å². The number of hydrogen-bond acceptors (Lipinski definition) is 8. The summed E-state index contributed by atoms with van der Waals surface area (Å²) in [6.07, 6.45) is -0.561. The molecule has 0 fully saturated rings. The number of benzene rings is 1. The summed E-state index contributed by atoms with van der Waals surface area (Å²) in [5, 5.41) is 15.3. The van der Waals surface area contributed by atoms with Crippen LogP contribution in [-0.2, 0) is 32.3 Å². The number of hydrogen-bond donors (Lipinski definition) is 5. The molecule has 0 radical (unpaired) electrons. The second-order valence-electron chi connectivity index (χ2n) is 9.02. The van der Waals surface area contributed by atoms with Crippen molar-refractivity contribution in [2.45, 2.75) is 64.6 Å². The normalized spacial score (nSPS) is 14.4. The first-order valence-corrected chi connectivity index (χ1v) is 11.6. The summed E-state index contributed by atoms with van der Waals surface area (Å²) in [6.45, 7) is 4.25. The predicted molar refractivity (Wildman–Crippen MR) is 130 cm³/mol. The van der Waals surface area contributed by atoms with E-state index in [9.17, 15) is 33.5 Å². The van der Waals surface area contributed by atoms with Gasteiger partial charge in [0, 0.05) is 6.04 Å². The number of aliphatic hydroxyl groups is 1. The topological polar surface area (TPSA) is 186 Å². The summed E-state index contributed by atoms with van der Waals surface area (Å²) < 4.78 is 18.9. The Morgan fingerprint density at radius 1 is 1.11 bits per heavy atom. The van der Waals surface area contributed by atoms with Gasteiger partial charge in [-0.1, -0.05) is 44.2 Å². The molecule has 2 amide bonds. The van der Waals surface area contributed by atoms with Crippen LogP contribution in [-0.4, -0.2) is 56.7 Å². The minimum absolute atomic E-state index is 0.0320. The van der Waals surface area contributed by atoms with E-state index in [0.29, 0.717) is 10.8 Å². The molecule has 2 rings (SSSR count). The molecule has 202 valence electrons. The molecule has 0 unspecified atom stereocenters. The molecule has 0 spiro atoms. The number of carbonyl (C=O) groups excluding carboxylic acids is 3. The summed E-state index contributed by atoms with van der Waals surface area (Å²) in [6, 6.07) is 5.86. The lowest BCUT2D eigenvalue weighted by molar-refractivity contribution is -0.151. The van der Waals surface area contributed by atoms with Crippen LogP contribution in [0.3, 0.4) is 0 Å². The van der Waals surface area contributed by atoms with Gasteiger partial charge in [0.05, 0.1) is 6.20 Å². The zero-order chi connectivity index (χ0) is 27.7. The molecule has 0 bridgehead atoms. The Labute approximate surface area is 212 Å². The zero-order valence-electron chi connectivity index (χ0n) is 20.8. The van der Waals surface area contributed by atoms with Crippen LogP contribution in [0.4, 0.5) is 4.39 Å². The number of nitrogens with two attached hydrogens (primary N) is 1. The van der Waals surface area contributed by atoms with Crippen molar-refractivity contribution in [2.75, 3.05) is 0 Å². The van der Waals surface area contributed by atoms with Gasteiger partial charge in [-0.25, -0.2) is 9.59 Å². The Morgan fingerprint density at radius 3 is 2.38 bits per heavy atom. The molecule has 1 aromatic carbocycles. The first-order valence-electron chi connectivity index (χ1n) is 11.6. The number of amides is 2. The van der Waals surface area contributed by atoms with Crippen molar-refractivity contribution >= 4 is 17.8 Å². The lowest BCUT2D eigenvalue weighted by atomic mass is 9.99. The van der Waals surface area contributed by atoms with Gasteiger partial charge in [0.1, 0.15) is 18.2 Å². The van der Waals surface area contributed by atoms with Gasteiger partial charge in [-0.2, -0.15) is 4.39 Å². The number of rotatable bonds is 12.